The smallest absolute Gasteiger partial charge is 0.0870 e. The molecule has 2 rings (SSSR count). The highest BCUT2D eigenvalue weighted by atomic mass is 32.1. The highest BCUT2D eigenvalue weighted by Gasteiger charge is 2.37. The molecule has 0 aromatic rings. The van der Waals surface area contributed by atoms with Crippen molar-refractivity contribution < 1.29 is 4.74 Å². The fraction of sp³-hybridized carbons (Fsp3) is 0.875. The molecule has 0 aliphatic carbocycles. The highest BCUT2D eigenvalue weighted by Crippen LogP contribution is 2.27. The van der Waals surface area contributed by atoms with Gasteiger partial charge in [0, 0.05) is 18.6 Å². The summed E-state index contributed by atoms with van der Waals surface area (Å²) in [5.74, 6) is 0. The van der Waals surface area contributed by atoms with E-state index in [0.29, 0.717) is 17.1 Å². The number of nitrogens with zero attached hydrogens (tertiary/aromatic N) is 1. The first-order valence-electron chi connectivity index (χ1n) is 4.39. The van der Waals surface area contributed by atoms with Crippen LogP contribution in [0.3, 0.4) is 0 Å². The van der Waals surface area contributed by atoms with Crippen molar-refractivity contribution in [3.63, 3.8) is 0 Å². The standard InChI is InChI=1S/C8H14N2OS/c9-8(12)3-10-6-1-2-7(10)5-11-4-6/h6-7H,1-5H2,(H2,9,12). The Morgan fingerprint density at radius 1 is 1.42 bits per heavy atom. The molecule has 0 amide bonds. The van der Waals surface area contributed by atoms with Gasteiger partial charge in [-0.15, -0.1) is 0 Å². The van der Waals surface area contributed by atoms with Crippen molar-refractivity contribution in [2.45, 2.75) is 24.9 Å². The number of morpholine rings is 1. The van der Waals surface area contributed by atoms with Crippen molar-refractivity contribution in [1.82, 2.24) is 4.90 Å². The summed E-state index contributed by atoms with van der Waals surface area (Å²) in [6, 6.07) is 1.15. The topological polar surface area (TPSA) is 38.5 Å². The molecule has 2 aliphatic heterocycles. The van der Waals surface area contributed by atoms with E-state index in [1.807, 2.05) is 0 Å². The van der Waals surface area contributed by atoms with Crippen molar-refractivity contribution in [3.8, 4) is 0 Å². The monoisotopic (exact) mass is 186 g/mol. The number of fused-ring (bicyclic) bond motifs is 2. The van der Waals surface area contributed by atoms with E-state index in [2.05, 4.69) is 4.90 Å². The Bertz CT molecular complexity index is 181. The van der Waals surface area contributed by atoms with E-state index in [9.17, 15) is 0 Å². The van der Waals surface area contributed by atoms with Crippen LogP contribution in [-0.4, -0.2) is 41.7 Å². The minimum Gasteiger partial charge on any atom is -0.392 e. The van der Waals surface area contributed by atoms with E-state index in [0.717, 1.165) is 19.8 Å². The van der Waals surface area contributed by atoms with Crippen LogP contribution in [-0.2, 0) is 4.74 Å². The summed E-state index contributed by atoms with van der Waals surface area (Å²) in [4.78, 5) is 3.00. The molecule has 0 radical (unpaired) electrons. The van der Waals surface area contributed by atoms with Gasteiger partial charge in [-0.3, -0.25) is 4.90 Å². The number of ether oxygens (including phenoxy) is 1. The van der Waals surface area contributed by atoms with Gasteiger partial charge in [-0.1, -0.05) is 12.2 Å². The molecular weight excluding hydrogens is 172 g/mol. The van der Waals surface area contributed by atoms with E-state index < -0.39 is 0 Å². The molecule has 2 atom stereocenters. The lowest BCUT2D eigenvalue weighted by Crippen LogP contribution is -2.48. The Labute approximate surface area is 77.9 Å². The van der Waals surface area contributed by atoms with E-state index >= 15 is 0 Å². The zero-order valence-electron chi connectivity index (χ0n) is 7.03. The first-order valence-corrected chi connectivity index (χ1v) is 4.80. The van der Waals surface area contributed by atoms with E-state index in [1.165, 1.54) is 12.8 Å². The molecule has 2 heterocycles. The number of thiocarbonyl (C=S) groups is 1. The highest BCUT2D eigenvalue weighted by molar-refractivity contribution is 7.80. The fourth-order valence-corrected chi connectivity index (χ4v) is 2.30. The van der Waals surface area contributed by atoms with Crippen LogP contribution in [0.15, 0.2) is 0 Å². The van der Waals surface area contributed by atoms with Crippen LogP contribution < -0.4 is 5.73 Å². The molecular formula is C8H14N2OS. The molecule has 12 heavy (non-hydrogen) atoms. The van der Waals surface area contributed by atoms with Crippen LogP contribution in [0.25, 0.3) is 0 Å². The number of rotatable bonds is 2. The molecule has 2 bridgehead atoms. The summed E-state index contributed by atoms with van der Waals surface area (Å²) in [7, 11) is 0. The van der Waals surface area contributed by atoms with Crippen LogP contribution in [0.1, 0.15) is 12.8 Å². The molecule has 3 nitrogen and oxygen atoms in total. The van der Waals surface area contributed by atoms with Gasteiger partial charge in [0.1, 0.15) is 0 Å². The van der Waals surface area contributed by atoms with Gasteiger partial charge in [0.25, 0.3) is 0 Å². The van der Waals surface area contributed by atoms with E-state index in [4.69, 9.17) is 22.7 Å². The minimum absolute atomic E-state index is 0.574. The molecule has 0 spiro atoms. The number of hydrogen-bond acceptors (Lipinski definition) is 3. The Morgan fingerprint density at radius 3 is 2.50 bits per heavy atom. The van der Waals surface area contributed by atoms with Crippen molar-refractivity contribution in [1.29, 1.82) is 0 Å². The first kappa shape index (κ1) is 8.41. The van der Waals surface area contributed by atoms with Crippen LogP contribution in [0.5, 0.6) is 0 Å². The third kappa shape index (κ3) is 1.46. The third-order valence-electron chi connectivity index (χ3n) is 2.73. The molecule has 68 valence electrons. The lowest BCUT2D eigenvalue weighted by Gasteiger charge is -2.33. The number of nitrogens with two attached hydrogens (primary N) is 1. The second kappa shape index (κ2) is 3.28. The number of hydrogen-bond donors (Lipinski definition) is 1. The Kier molecular flexibility index (Phi) is 2.30. The van der Waals surface area contributed by atoms with Crippen LogP contribution in [0, 0.1) is 0 Å². The lowest BCUT2D eigenvalue weighted by molar-refractivity contribution is -0.00626. The van der Waals surface area contributed by atoms with Crippen molar-refractivity contribution in [3.05, 3.63) is 0 Å². The molecule has 2 unspecified atom stereocenters. The molecule has 0 aromatic carbocycles. The zero-order chi connectivity index (χ0) is 8.55. The van der Waals surface area contributed by atoms with Crippen molar-refractivity contribution >= 4 is 17.2 Å². The van der Waals surface area contributed by atoms with E-state index in [-0.39, 0.29) is 0 Å². The van der Waals surface area contributed by atoms with Gasteiger partial charge < -0.3 is 10.5 Å². The summed E-state index contributed by atoms with van der Waals surface area (Å²) in [6.07, 6.45) is 2.49. The largest absolute Gasteiger partial charge is 0.392 e. The maximum absolute atomic E-state index is 5.52. The summed E-state index contributed by atoms with van der Waals surface area (Å²) in [5.41, 5.74) is 5.52. The SMILES string of the molecule is NC(=S)CN1C2CCC1COC2. The van der Waals surface area contributed by atoms with Gasteiger partial charge in [-0.2, -0.15) is 0 Å². The predicted octanol–water partition coefficient (Wildman–Crippen LogP) is 0.136. The van der Waals surface area contributed by atoms with Gasteiger partial charge >= 0.3 is 0 Å². The Morgan fingerprint density at radius 2 is 2.00 bits per heavy atom. The van der Waals surface area contributed by atoms with Gasteiger partial charge in [-0.25, -0.2) is 0 Å². The maximum Gasteiger partial charge on any atom is 0.0870 e. The Balaban J connectivity index is 2.00. The lowest BCUT2D eigenvalue weighted by atomic mass is 10.2. The Hall–Kier alpha value is -0.190. The van der Waals surface area contributed by atoms with Gasteiger partial charge in [0.15, 0.2) is 0 Å². The minimum atomic E-state index is 0.574. The first-order chi connectivity index (χ1) is 5.77. The van der Waals surface area contributed by atoms with Crippen LogP contribution in [0.4, 0.5) is 0 Å². The van der Waals surface area contributed by atoms with Gasteiger partial charge in [-0.05, 0) is 12.8 Å². The van der Waals surface area contributed by atoms with E-state index in [1.54, 1.807) is 0 Å². The summed E-state index contributed by atoms with van der Waals surface area (Å²) < 4.78 is 5.44. The average molecular weight is 186 g/mol. The normalized spacial score (nSPS) is 35.3. The molecule has 2 aliphatic rings. The second-order valence-corrected chi connectivity index (χ2v) is 4.09. The van der Waals surface area contributed by atoms with Crippen molar-refractivity contribution in [2.24, 2.45) is 5.73 Å². The third-order valence-corrected chi connectivity index (χ3v) is 2.86. The summed E-state index contributed by atoms with van der Waals surface area (Å²) in [5, 5.41) is 0. The zero-order valence-corrected chi connectivity index (χ0v) is 7.85. The van der Waals surface area contributed by atoms with Gasteiger partial charge in [0.05, 0.1) is 18.2 Å². The summed E-state index contributed by atoms with van der Waals surface area (Å²) >= 11 is 4.91. The average Bonchev–Trinajstić information content (AvgIpc) is 2.30. The van der Waals surface area contributed by atoms with Crippen LogP contribution >= 0.6 is 12.2 Å². The second-order valence-electron chi connectivity index (χ2n) is 3.56. The quantitative estimate of drug-likeness (QED) is 0.622. The molecule has 2 N–H and O–H groups in total. The predicted molar refractivity (Wildman–Crippen MR) is 51.1 cm³/mol. The molecule has 2 fully saturated rings. The van der Waals surface area contributed by atoms with Crippen molar-refractivity contribution in [2.75, 3.05) is 19.8 Å². The van der Waals surface area contributed by atoms with Gasteiger partial charge in [0.2, 0.25) is 0 Å². The maximum atomic E-state index is 5.52. The molecule has 4 heteroatoms. The summed E-state index contributed by atoms with van der Waals surface area (Å²) in [6.45, 7) is 2.49. The fourth-order valence-electron chi connectivity index (χ4n) is 2.15. The molecule has 0 saturated carbocycles. The molecule has 0 aromatic heterocycles. The molecule has 2 saturated heterocycles. The van der Waals surface area contributed by atoms with Crippen LogP contribution in [0.2, 0.25) is 0 Å².